The number of piperazine rings is 1. The lowest BCUT2D eigenvalue weighted by Gasteiger charge is -2.58. The number of anilines is 2. The number of carbonyl (C=O) groups excluding carboxylic acids is 1. The number of nitrogens with one attached hydrogen (secondary N) is 3. The van der Waals surface area contributed by atoms with Crippen LogP contribution in [0.1, 0.15) is 91.4 Å². The number of fused-ring (bicyclic) bond motifs is 1. The molecule has 1 saturated carbocycles. The van der Waals surface area contributed by atoms with E-state index < -0.39 is 48.5 Å². The number of hydrogen-bond donors (Lipinski definition) is 3. The molecule has 2 aromatic heterocycles. The molecule has 3 saturated heterocycles. The zero-order valence-corrected chi connectivity index (χ0v) is 42.6. The standard InChI is InChI=1S/C55H62F2N8O8S/c1-36(2)43-6-4-5-7-44(43)50-34-62(33-37-8-10-40(71-3)11-9-37)22-23-64(50)39-30-54(31-39)15-20-63(21-16-54)48-29-51(73-41-26-38-14-19-58-52(38)59-32-41)45(28-46(48)56)53(66)61-74(69,70)42-12-13-47(49(27-42)65(67)68)60-35-55(57)17-24-72-25-18-55/h4-14,19,26-29,32,36,39,50,60H,15-18,20-25,30-31,33-35H2,1-3H3,(H,58,59)(H,61,66)/t50-/m1/s1. The second-order valence-corrected chi connectivity index (χ2v) is 22.3. The van der Waals surface area contributed by atoms with E-state index in [2.05, 4.69) is 75.3 Å². The summed E-state index contributed by atoms with van der Waals surface area (Å²) >= 11 is 0. The Balaban J connectivity index is 0.851. The quantitative estimate of drug-likeness (QED) is 0.0615. The van der Waals surface area contributed by atoms with E-state index in [4.69, 9.17) is 14.2 Å². The zero-order valence-electron chi connectivity index (χ0n) is 41.8. The molecule has 74 heavy (non-hydrogen) atoms. The highest BCUT2D eigenvalue weighted by Crippen LogP contribution is 2.54. The highest BCUT2D eigenvalue weighted by atomic mass is 32.2. The molecule has 4 fully saturated rings. The Morgan fingerprint density at radius 3 is 2.45 bits per heavy atom. The van der Waals surface area contributed by atoms with Crippen LogP contribution in [-0.2, 0) is 21.3 Å². The fourth-order valence-electron chi connectivity index (χ4n) is 11.4. The fourth-order valence-corrected chi connectivity index (χ4v) is 12.4. The van der Waals surface area contributed by atoms with Crippen molar-refractivity contribution in [2.45, 2.75) is 87.5 Å². The zero-order chi connectivity index (χ0) is 51.8. The summed E-state index contributed by atoms with van der Waals surface area (Å²) in [5.41, 5.74) is 2.07. The van der Waals surface area contributed by atoms with Gasteiger partial charge in [0.15, 0.2) is 0 Å². The molecule has 1 spiro atoms. The van der Waals surface area contributed by atoms with E-state index in [0.717, 1.165) is 81.9 Å². The number of aromatic amines is 1. The molecule has 0 bridgehead atoms. The van der Waals surface area contributed by atoms with Crippen molar-refractivity contribution in [1.82, 2.24) is 24.5 Å². The van der Waals surface area contributed by atoms with Crippen LogP contribution in [0.25, 0.3) is 11.0 Å². The number of ether oxygens (including phenoxy) is 3. The van der Waals surface area contributed by atoms with Gasteiger partial charge in [0, 0.05) is 108 Å². The lowest BCUT2D eigenvalue weighted by atomic mass is 9.59. The molecule has 10 rings (SSSR count). The van der Waals surface area contributed by atoms with Crippen LogP contribution in [0, 0.1) is 21.3 Å². The summed E-state index contributed by atoms with van der Waals surface area (Å²) in [4.78, 5) is 39.5. The summed E-state index contributed by atoms with van der Waals surface area (Å²) in [6, 6.07) is 26.7. The lowest BCUT2D eigenvalue weighted by molar-refractivity contribution is -0.384. The van der Waals surface area contributed by atoms with Gasteiger partial charge in [0.1, 0.15) is 40.1 Å². The fraction of sp³-hybridized carbons (Fsp3) is 0.418. The first-order valence-electron chi connectivity index (χ1n) is 25.3. The second kappa shape index (κ2) is 20.9. The van der Waals surface area contributed by atoms with Crippen molar-refractivity contribution < 1.29 is 41.1 Å². The van der Waals surface area contributed by atoms with Crippen molar-refractivity contribution in [2.75, 3.05) is 69.8 Å². The molecule has 4 aliphatic rings. The van der Waals surface area contributed by atoms with Crippen molar-refractivity contribution in [2.24, 2.45) is 5.41 Å². The number of nitro groups is 1. The average molecular weight is 1030 g/mol. The van der Waals surface area contributed by atoms with Crippen molar-refractivity contribution in [1.29, 1.82) is 0 Å². The molecule has 1 atom stereocenters. The first-order chi connectivity index (χ1) is 35.6. The van der Waals surface area contributed by atoms with Crippen LogP contribution < -0.4 is 24.4 Å². The van der Waals surface area contributed by atoms with Crippen LogP contribution in [0.5, 0.6) is 17.2 Å². The second-order valence-electron chi connectivity index (χ2n) is 20.6. The smallest absolute Gasteiger partial charge is 0.293 e. The largest absolute Gasteiger partial charge is 0.497 e. The molecule has 0 radical (unpaired) electrons. The van der Waals surface area contributed by atoms with Gasteiger partial charge in [-0.15, -0.1) is 0 Å². The Labute approximate surface area is 429 Å². The highest BCUT2D eigenvalue weighted by molar-refractivity contribution is 7.90. The molecule has 1 aliphatic carbocycles. The van der Waals surface area contributed by atoms with Crippen LogP contribution in [0.3, 0.4) is 0 Å². The minimum Gasteiger partial charge on any atom is -0.497 e. The van der Waals surface area contributed by atoms with Crippen molar-refractivity contribution in [3.8, 4) is 17.2 Å². The van der Waals surface area contributed by atoms with Crippen LogP contribution >= 0.6 is 0 Å². The Morgan fingerprint density at radius 2 is 1.72 bits per heavy atom. The first kappa shape index (κ1) is 50.8. The number of piperidine rings is 1. The van der Waals surface area contributed by atoms with E-state index in [1.165, 1.54) is 29.0 Å². The van der Waals surface area contributed by atoms with Crippen LogP contribution in [0.4, 0.5) is 25.8 Å². The molecule has 16 nitrogen and oxygen atoms in total. The number of halogens is 2. The number of benzene rings is 4. The molecule has 390 valence electrons. The number of hydrogen-bond acceptors (Lipinski definition) is 13. The Morgan fingerprint density at radius 1 is 0.959 bits per heavy atom. The molecule has 19 heteroatoms. The topological polar surface area (TPSA) is 184 Å². The number of carbonyl (C=O) groups is 1. The Hall–Kier alpha value is -6.67. The minimum atomic E-state index is -4.79. The predicted octanol–water partition coefficient (Wildman–Crippen LogP) is 9.89. The van der Waals surface area contributed by atoms with Crippen LogP contribution in [-0.4, -0.2) is 110 Å². The van der Waals surface area contributed by atoms with E-state index in [0.29, 0.717) is 36.1 Å². The van der Waals surface area contributed by atoms with Crippen molar-refractivity contribution in [3.05, 3.63) is 142 Å². The van der Waals surface area contributed by atoms with E-state index in [9.17, 15) is 23.3 Å². The van der Waals surface area contributed by atoms with Gasteiger partial charge >= 0.3 is 0 Å². The molecular formula is C55H62F2N8O8S. The lowest BCUT2D eigenvalue weighted by Crippen LogP contribution is -2.60. The van der Waals surface area contributed by atoms with Crippen LogP contribution in [0.2, 0.25) is 0 Å². The minimum absolute atomic E-state index is 0.0920. The number of alkyl halides is 1. The summed E-state index contributed by atoms with van der Waals surface area (Å²) < 4.78 is 78.3. The van der Waals surface area contributed by atoms with Gasteiger partial charge in [0.2, 0.25) is 0 Å². The number of aromatic nitrogens is 2. The Kier molecular flexibility index (Phi) is 14.4. The van der Waals surface area contributed by atoms with E-state index in [1.54, 1.807) is 25.4 Å². The number of rotatable bonds is 16. The monoisotopic (exact) mass is 1030 g/mol. The van der Waals surface area contributed by atoms with E-state index in [1.807, 2.05) is 21.8 Å². The highest BCUT2D eigenvalue weighted by Gasteiger charge is 2.50. The normalized spacial score (nSPS) is 19.3. The number of H-pyrrole nitrogens is 1. The number of methoxy groups -OCH3 is 1. The van der Waals surface area contributed by atoms with E-state index >= 15 is 8.78 Å². The van der Waals surface area contributed by atoms with Gasteiger partial charge in [-0.2, -0.15) is 0 Å². The number of amides is 1. The predicted molar refractivity (Wildman–Crippen MR) is 278 cm³/mol. The molecule has 0 unspecified atom stereocenters. The summed E-state index contributed by atoms with van der Waals surface area (Å²) in [5.74, 6) is -0.649. The number of sulfonamides is 1. The number of nitro benzene ring substituents is 1. The van der Waals surface area contributed by atoms with Gasteiger partial charge in [-0.25, -0.2) is 26.9 Å². The van der Waals surface area contributed by atoms with Crippen molar-refractivity contribution >= 4 is 44.0 Å². The molecule has 6 aromatic rings. The maximum Gasteiger partial charge on any atom is 0.293 e. The number of nitrogens with zero attached hydrogens (tertiary/aromatic N) is 5. The first-order valence-corrected chi connectivity index (χ1v) is 26.8. The molecule has 3 aliphatic heterocycles. The van der Waals surface area contributed by atoms with Crippen LogP contribution in [0.15, 0.2) is 108 Å². The third kappa shape index (κ3) is 10.8. The van der Waals surface area contributed by atoms with Gasteiger partial charge < -0.3 is 29.4 Å². The van der Waals surface area contributed by atoms with E-state index in [-0.39, 0.29) is 66.9 Å². The van der Waals surface area contributed by atoms with Gasteiger partial charge in [-0.3, -0.25) is 24.7 Å². The van der Waals surface area contributed by atoms with Gasteiger partial charge in [-0.05, 0) is 96.2 Å². The SMILES string of the molecule is COc1ccc(CN2CCN(C3CC4(CCN(c5cc(Oc6cnc7[nH]ccc7c6)c(C(=O)NS(=O)(=O)c6ccc(NCC7(F)CCOCC7)c([N+](=O)[O-])c6)cc5F)CC4)C3)[C@@H](c3ccccc3C(C)C)C2)cc1. The summed E-state index contributed by atoms with van der Waals surface area (Å²) in [5, 5.41) is 15.6. The maximum atomic E-state index is 16.6. The molecule has 5 heterocycles. The molecule has 1 amide bonds. The molecule has 3 N–H and O–H groups in total. The maximum absolute atomic E-state index is 16.6. The van der Waals surface area contributed by atoms with Gasteiger partial charge in [0.25, 0.3) is 21.6 Å². The van der Waals surface area contributed by atoms with Gasteiger partial charge in [0.05, 0.1) is 34.4 Å². The summed E-state index contributed by atoms with van der Waals surface area (Å²) in [7, 11) is -3.10. The Bertz CT molecular complexity index is 3130. The summed E-state index contributed by atoms with van der Waals surface area (Å²) in [6.45, 7) is 9.46. The van der Waals surface area contributed by atoms with Crippen molar-refractivity contribution in [3.63, 3.8) is 0 Å². The third-order valence-corrected chi connectivity index (χ3v) is 16.9. The third-order valence-electron chi connectivity index (χ3n) is 15.6. The van der Waals surface area contributed by atoms with Gasteiger partial charge in [-0.1, -0.05) is 50.2 Å². The molecular weight excluding hydrogens is 971 g/mol. The number of pyridine rings is 1. The average Bonchev–Trinajstić information content (AvgIpc) is 3.86. The summed E-state index contributed by atoms with van der Waals surface area (Å²) in [6.07, 6.45) is 7.08. The molecule has 4 aromatic carbocycles.